The van der Waals surface area contributed by atoms with Crippen molar-refractivity contribution in [2.75, 3.05) is 6.54 Å². The van der Waals surface area contributed by atoms with Crippen molar-refractivity contribution < 1.29 is 4.39 Å². The third kappa shape index (κ3) is 3.67. The lowest BCUT2D eigenvalue weighted by molar-refractivity contribution is 0.483. The van der Waals surface area contributed by atoms with Gasteiger partial charge >= 0.3 is 0 Å². The Morgan fingerprint density at radius 1 is 1.45 bits per heavy atom. The molecule has 1 unspecified atom stereocenters. The van der Waals surface area contributed by atoms with Gasteiger partial charge in [0.15, 0.2) is 0 Å². The topological polar surface area (TPSA) is 29.9 Å². The van der Waals surface area contributed by atoms with Gasteiger partial charge < -0.3 is 5.32 Å². The Morgan fingerprint density at radius 2 is 2.25 bits per heavy atom. The van der Waals surface area contributed by atoms with Crippen molar-refractivity contribution in [1.82, 2.24) is 15.1 Å². The smallest absolute Gasteiger partial charge is 0.129 e. The first-order valence-electron chi connectivity index (χ1n) is 6.76. The second-order valence-corrected chi connectivity index (χ2v) is 5.66. The molecule has 0 saturated heterocycles. The Hall–Kier alpha value is -1.20. The number of aryl methyl sites for hydroxylation is 2. The van der Waals surface area contributed by atoms with E-state index in [0.717, 1.165) is 23.9 Å². The van der Waals surface area contributed by atoms with E-state index in [9.17, 15) is 4.39 Å². The summed E-state index contributed by atoms with van der Waals surface area (Å²) in [7, 11) is 1.90. The van der Waals surface area contributed by atoms with Crippen LogP contribution in [-0.4, -0.2) is 16.3 Å². The molecule has 1 atom stereocenters. The Morgan fingerprint density at radius 3 is 2.85 bits per heavy atom. The van der Waals surface area contributed by atoms with Crippen LogP contribution in [0.25, 0.3) is 0 Å². The van der Waals surface area contributed by atoms with E-state index in [-0.39, 0.29) is 11.9 Å². The Bertz CT molecular complexity index is 548. The van der Waals surface area contributed by atoms with Gasteiger partial charge in [-0.15, -0.1) is 0 Å². The molecule has 0 radical (unpaired) electrons. The molecule has 1 aromatic heterocycles. The van der Waals surface area contributed by atoms with Crippen molar-refractivity contribution in [2.45, 2.75) is 25.8 Å². The van der Waals surface area contributed by atoms with Crippen LogP contribution < -0.4 is 5.32 Å². The summed E-state index contributed by atoms with van der Waals surface area (Å²) in [6.07, 6.45) is 5.56. The van der Waals surface area contributed by atoms with Crippen molar-refractivity contribution in [3.05, 3.63) is 52.0 Å². The molecule has 0 aliphatic rings. The van der Waals surface area contributed by atoms with E-state index in [2.05, 4.69) is 26.3 Å². The quantitative estimate of drug-likeness (QED) is 0.871. The summed E-state index contributed by atoms with van der Waals surface area (Å²) < 4.78 is 16.7. The molecule has 5 heteroatoms. The first-order chi connectivity index (χ1) is 9.61. The molecule has 0 bridgehead atoms. The Labute approximate surface area is 127 Å². The molecule has 1 heterocycles. The van der Waals surface area contributed by atoms with E-state index in [1.807, 2.05) is 32.4 Å². The summed E-state index contributed by atoms with van der Waals surface area (Å²) in [5.74, 6) is -0.170. The second-order valence-electron chi connectivity index (χ2n) is 4.81. The largest absolute Gasteiger partial charge is 0.310 e. The zero-order valence-electron chi connectivity index (χ0n) is 11.7. The van der Waals surface area contributed by atoms with E-state index in [1.165, 1.54) is 11.6 Å². The van der Waals surface area contributed by atoms with Gasteiger partial charge in [0, 0.05) is 29.3 Å². The summed E-state index contributed by atoms with van der Waals surface area (Å²) in [5, 5.41) is 7.52. The molecule has 108 valence electrons. The normalized spacial score (nSPS) is 12.6. The van der Waals surface area contributed by atoms with Gasteiger partial charge in [0.1, 0.15) is 5.82 Å². The molecular weight excluding hydrogens is 321 g/mol. The molecule has 20 heavy (non-hydrogen) atoms. The number of aromatic nitrogens is 2. The maximum atomic E-state index is 14.1. The number of nitrogens with one attached hydrogen (secondary N) is 1. The minimum absolute atomic E-state index is 0.00391. The van der Waals surface area contributed by atoms with Crippen LogP contribution in [0.15, 0.2) is 35.1 Å². The standard InChI is InChI=1S/C15H19BrFN3/c1-3-18-14(8-7-11-9-19-20(2)10-11)15-12(16)5-4-6-13(15)17/h4-6,9-10,14,18H,3,7-8H2,1-2H3. The zero-order valence-corrected chi connectivity index (χ0v) is 13.3. The van der Waals surface area contributed by atoms with Gasteiger partial charge in [0.2, 0.25) is 0 Å². The fourth-order valence-corrected chi connectivity index (χ4v) is 2.97. The number of hydrogen-bond acceptors (Lipinski definition) is 2. The van der Waals surface area contributed by atoms with Crippen LogP contribution in [0, 0.1) is 5.82 Å². The number of halogens is 2. The Balaban J connectivity index is 2.14. The average Bonchev–Trinajstić information content (AvgIpc) is 2.81. The molecule has 0 saturated carbocycles. The van der Waals surface area contributed by atoms with Crippen LogP contribution in [0.4, 0.5) is 4.39 Å². The van der Waals surface area contributed by atoms with Gasteiger partial charge in [-0.25, -0.2) is 4.39 Å². The van der Waals surface area contributed by atoms with Crippen LogP contribution in [0.1, 0.15) is 30.5 Å². The molecule has 0 aliphatic heterocycles. The lowest BCUT2D eigenvalue weighted by Gasteiger charge is -2.20. The van der Waals surface area contributed by atoms with Gasteiger partial charge in [-0.2, -0.15) is 5.10 Å². The third-order valence-electron chi connectivity index (χ3n) is 3.28. The van der Waals surface area contributed by atoms with E-state index in [4.69, 9.17) is 0 Å². The van der Waals surface area contributed by atoms with Crippen LogP contribution >= 0.6 is 15.9 Å². The van der Waals surface area contributed by atoms with Gasteiger partial charge in [-0.05, 0) is 37.1 Å². The first kappa shape index (κ1) is 15.2. The highest BCUT2D eigenvalue weighted by molar-refractivity contribution is 9.10. The van der Waals surface area contributed by atoms with E-state index in [1.54, 1.807) is 10.7 Å². The van der Waals surface area contributed by atoms with Crippen molar-refractivity contribution in [1.29, 1.82) is 0 Å². The number of rotatable bonds is 6. The average molecular weight is 340 g/mol. The fourth-order valence-electron chi connectivity index (χ4n) is 2.35. The predicted octanol–water partition coefficient (Wildman–Crippen LogP) is 3.61. The monoisotopic (exact) mass is 339 g/mol. The summed E-state index contributed by atoms with van der Waals surface area (Å²) in [6.45, 7) is 2.84. The zero-order chi connectivity index (χ0) is 14.5. The molecule has 0 aliphatic carbocycles. The summed E-state index contributed by atoms with van der Waals surface area (Å²) in [6, 6.07) is 5.10. The lowest BCUT2D eigenvalue weighted by Crippen LogP contribution is -2.23. The van der Waals surface area contributed by atoms with Gasteiger partial charge in [0.05, 0.1) is 6.20 Å². The molecule has 2 aromatic rings. The molecule has 1 aromatic carbocycles. The highest BCUT2D eigenvalue weighted by Crippen LogP contribution is 2.29. The molecular formula is C15H19BrFN3. The number of hydrogen-bond donors (Lipinski definition) is 1. The first-order valence-corrected chi connectivity index (χ1v) is 7.56. The fraction of sp³-hybridized carbons (Fsp3) is 0.400. The molecule has 0 spiro atoms. The summed E-state index contributed by atoms with van der Waals surface area (Å²) in [5.41, 5.74) is 1.88. The SMILES string of the molecule is CCNC(CCc1cnn(C)c1)c1c(F)cccc1Br. The van der Waals surface area contributed by atoms with Crippen LogP contribution in [0.3, 0.4) is 0 Å². The van der Waals surface area contributed by atoms with E-state index in [0.29, 0.717) is 5.56 Å². The molecule has 0 fully saturated rings. The van der Waals surface area contributed by atoms with Gasteiger partial charge in [-0.3, -0.25) is 4.68 Å². The second kappa shape index (κ2) is 6.99. The molecule has 3 nitrogen and oxygen atoms in total. The highest BCUT2D eigenvalue weighted by atomic mass is 79.9. The van der Waals surface area contributed by atoms with Crippen molar-refractivity contribution in [3.8, 4) is 0 Å². The van der Waals surface area contributed by atoms with Crippen LogP contribution in [-0.2, 0) is 13.5 Å². The van der Waals surface area contributed by atoms with Crippen molar-refractivity contribution >= 4 is 15.9 Å². The predicted molar refractivity (Wildman–Crippen MR) is 82.0 cm³/mol. The van der Waals surface area contributed by atoms with E-state index >= 15 is 0 Å². The molecule has 0 amide bonds. The maximum Gasteiger partial charge on any atom is 0.129 e. The van der Waals surface area contributed by atoms with Crippen molar-refractivity contribution in [3.63, 3.8) is 0 Å². The minimum Gasteiger partial charge on any atom is -0.310 e. The maximum absolute atomic E-state index is 14.1. The number of nitrogens with zero attached hydrogens (tertiary/aromatic N) is 2. The number of benzene rings is 1. The third-order valence-corrected chi connectivity index (χ3v) is 3.97. The molecule has 2 rings (SSSR count). The molecule has 1 N–H and O–H groups in total. The Kier molecular flexibility index (Phi) is 5.31. The summed E-state index contributed by atoms with van der Waals surface area (Å²) in [4.78, 5) is 0. The van der Waals surface area contributed by atoms with Crippen molar-refractivity contribution in [2.24, 2.45) is 7.05 Å². The van der Waals surface area contributed by atoms with Crippen LogP contribution in [0.5, 0.6) is 0 Å². The van der Waals surface area contributed by atoms with E-state index < -0.39 is 0 Å². The minimum atomic E-state index is -0.170. The van der Waals surface area contributed by atoms with Crippen LogP contribution in [0.2, 0.25) is 0 Å². The van der Waals surface area contributed by atoms with Gasteiger partial charge in [0.25, 0.3) is 0 Å². The summed E-state index contributed by atoms with van der Waals surface area (Å²) >= 11 is 3.45. The highest BCUT2D eigenvalue weighted by Gasteiger charge is 2.18. The lowest BCUT2D eigenvalue weighted by atomic mass is 9.99. The van der Waals surface area contributed by atoms with Gasteiger partial charge in [-0.1, -0.05) is 28.9 Å².